The minimum Gasteiger partial charge on any atom is -0.390 e. The Bertz CT molecular complexity index is 197. The van der Waals surface area contributed by atoms with E-state index in [2.05, 4.69) is 33.9 Å². The summed E-state index contributed by atoms with van der Waals surface area (Å²) in [7, 11) is -1.68. The molecule has 0 aliphatic carbocycles. The predicted octanol–water partition coefficient (Wildman–Crippen LogP) is 3.36. The van der Waals surface area contributed by atoms with E-state index in [-0.39, 0.29) is 5.04 Å². The van der Waals surface area contributed by atoms with Crippen LogP contribution in [-0.4, -0.2) is 18.4 Å². The maximum Gasteiger partial charge on any atom is 0.0949 e. The van der Waals surface area contributed by atoms with E-state index in [1.54, 1.807) is 0 Å². The second kappa shape index (κ2) is 3.58. The Hall–Kier alpha value is -0.0831. The average molecular weight is 200 g/mol. The highest BCUT2D eigenvalue weighted by Crippen LogP contribution is 2.42. The Balaban J connectivity index is 5.03. The van der Waals surface area contributed by atoms with E-state index in [9.17, 15) is 5.11 Å². The van der Waals surface area contributed by atoms with Crippen LogP contribution in [0.1, 0.15) is 34.6 Å². The molecule has 0 saturated heterocycles. The van der Waals surface area contributed by atoms with Gasteiger partial charge < -0.3 is 5.11 Å². The molecule has 1 nitrogen and oxygen atoms in total. The van der Waals surface area contributed by atoms with Gasteiger partial charge in [0.15, 0.2) is 0 Å². The minimum absolute atomic E-state index is 0.218. The molecule has 0 saturated carbocycles. The highest BCUT2D eigenvalue weighted by molar-refractivity contribution is 6.83. The van der Waals surface area contributed by atoms with Crippen LogP contribution in [0, 0.1) is 0 Å². The molecule has 0 fully saturated rings. The fourth-order valence-corrected chi connectivity index (χ4v) is 3.39. The Morgan fingerprint density at radius 2 is 1.46 bits per heavy atom. The van der Waals surface area contributed by atoms with E-state index < -0.39 is 13.3 Å². The molecule has 13 heavy (non-hydrogen) atoms. The molecule has 0 aromatic rings. The topological polar surface area (TPSA) is 20.2 Å². The Morgan fingerprint density at radius 1 is 1.08 bits per heavy atom. The standard InChI is InChI=1S/C11H24OSi/c1-8-9-11(5,12)13(6,7)10(2,3)4/h8-9,12H,1-7H3/b9-8-/t11-/m1/s1. The smallest absolute Gasteiger partial charge is 0.0949 e. The molecule has 0 spiro atoms. The first-order valence-electron chi connectivity index (χ1n) is 4.92. The lowest BCUT2D eigenvalue weighted by molar-refractivity contribution is 0.180. The summed E-state index contributed by atoms with van der Waals surface area (Å²) in [5.41, 5.74) is 0. The number of allylic oxidation sites excluding steroid dienone is 1. The second-order valence-electron chi connectivity index (χ2n) is 5.52. The van der Waals surface area contributed by atoms with Gasteiger partial charge >= 0.3 is 0 Å². The SMILES string of the molecule is C/C=C\[C@](C)(O)[Si](C)(C)C(C)(C)C. The number of hydrogen-bond donors (Lipinski definition) is 1. The van der Waals surface area contributed by atoms with Gasteiger partial charge in [0.05, 0.1) is 13.3 Å². The lowest BCUT2D eigenvalue weighted by atomic mass is 10.2. The minimum atomic E-state index is -1.68. The molecule has 0 unspecified atom stereocenters. The lowest BCUT2D eigenvalue weighted by Gasteiger charge is -2.46. The summed E-state index contributed by atoms with van der Waals surface area (Å²) < 4.78 is 0. The molecule has 2 heteroatoms. The quantitative estimate of drug-likeness (QED) is 0.535. The molecule has 0 bridgehead atoms. The highest BCUT2D eigenvalue weighted by atomic mass is 28.3. The van der Waals surface area contributed by atoms with Crippen molar-refractivity contribution in [2.75, 3.05) is 0 Å². The zero-order valence-electron chi connectivity index (χ0n) is 10.1. The number of hydrogen-bond acceptors (Lipinski definition) is 1. The third kappa shape index (κ3) is 2.44. The average Bonchev–Trinajstić information content (AvgIpc) is 1.84. The van der Waals surface area contributed by atoms with Crippen molar-refractivity contribution in [1.82, 2.24) is 0 Å². The van der Waals surface area contributed by atoms with Crippen molar-refractivity contribution >= 4 is 8.07 Å². The summed E-state index contributed by atoms with van der Waals surface area (Å²) in [6.07, 6.45) is 3.88. The highest BCUT2D eigenvalue weighted by Gasteiger charge is 2.47. The van der Waals surface area contributed by atoms with Crippen molar-refractivity contribution in [3.05, 3.63) is 12.2 Å². The van der Waals surface area contributed by atoms with Crippen molar-refractivity contribution in [2.45, 2.75) is 58.0 Å². The van der Waals surface area contributed by atoms with Crippen LogP contribution in [0.3, 0.4) is 0 Å². The van der Waals surface area contributed by atoms with Crippen LogP contribution in [-0.2, 0) is 0 Å². The largest absolute Gasteiger partial charge is 0.390 e. The predicted molar refractivity (Wildman–Crippen MR) is 62.6 cm³/mol. The molecule has 0 heterocycles. The molecule has 0 aromatic heterocycles. The Morgan fingerprint density at radius 3 is 1.69 bits per heavy atom. The monoisotopic (exact) mass is 200 g/mol. The molecule has 0 radical (unpaired) electrons. The fourth-order valence-electron chi connectivity index (χ4n) is 1.29. The van der Waals surface area contributed by atoms with E-state index >= 15 is 0 Å². The van der Waals surface area contributed by atoms with Gasteiger partial charge in [0, 0.05) is 0 Å². The van der Waals surface area contributed by atoms with Gasteiger partial charge in [-0.1, -0.05) is 46.0 Å². The Labute approximate surface area is 83.9 Å². The summed E-state index contributed by atoms with van der Waals surface area (Å²) in [4.78, 5) is 0. The van der Waals surface area contributed by atoms with Crippen LogP contribution in [0.15, 0.2) is 12.2 Å². The van der Waals surface area contributed by atoms with Gasteiger partial charge in [-0.2, -0.15) is 0 Å². The molecule has 78 valence electrons. The molecule has 1 atom stereocenters. The van der Waals surface area contributed by atoms with Crippen molar-refractivity contribution < 1.29 is 5.11 Å². The van der Waals surface area contributed by atoms with Crippen molar-refractivity contribution in [2.24, 2.45) is 0 Å². The molecule has 0 aliphatic rings. The molecule has 0 amide bonds. The van der Waals surface area contributed by atoms with Crippen molar-refractivity contribution in [3.8, 4) is 0 Å². The van der Waals surface area contributed by atoms with E-state index in [0.29, 0.717) is 0 Å². The number of rotatable bonds is 2. The first kappa shape index (κ1) is 12.9. The van der Waals surface area contributed by atoms with Crippen LogP contribution in [0.2, 0.25) is 18.1 Å². The first-order valence-corrected chi connectivity index (χ1v) is 7.92. The maximum absolute atomic E-state index is 10.4. The zero-order chi connectivity index (χ0) is 10.9. The third-order valence-electron chi connectivity index (χ3n) is 3.63. The van der Waals surface area contributed by atoms with Gasteiger partial charge in [-0.05, 0) is 18.9 Å². The molecular weight excluding hydrogens is 176 g/mol. The summed E-state index contributed by atoms with van der Waals surface area (Å²) in [6, 6.07) is 0. The van der Waals surface area contributed by atoms with Crippen LogP contribution in [0.25, 0.3) is 0 Å². The van der Waals surface area contributed by atoms with E-state index in [1.807, 2.05) is 26.0 Å². The molecule has 0 rings (SSSR count). The van der Waals surface area contributed by atoms with Crippen molar-refractivity contribution in [3.63, 3.8) is 0 Å². The molecular formula is C11H24OSi. The summed E-state index contributed by atoms with van der Waals surface area (Å²) in [5, 5.41) is 9.96. The molecule has 0 aliphatic heterocycles. The van der Waals surface area contributed by atoms with Crippen LogP contribution >= 0.6 is 0 Å². The first-order chi connectivity index (χ1) is 5.56. The molecule has 1 N–H and O–H groups in total. The van der Waals surface area contributed by atoms with Crippen LogP contribution < -0.4 is 0 Å². The number of aliphatic hydroxyl groups is 1. The second-order valence-corrected chi connectivity index (χ2v) is 11.3. The van der Waals surface area contributed by atoms with Gasteiger partial charge in [-0.25, -0.2) is 0 Å². The Kier molecular flexibility index (Phi) is 3.56. The maximum atomic E-state index is 10.4. The summed E-state index contributed by atoms with van der Waals surface area (Å²) in [5.74, 6) is 0. The van der Waals surface area contributed by atoms with Crippen molar-refractivity contribution in [1.29, 1.82) is 0 Å². The van der Waals surface area contributed by atoms with Crippen LogP contribution in [0.5, 0.6) is 0 Å². The van der Waals surface area contributed by atoms with Gasteiger partial charge in [0.25, 0.3) is 0 Å². The van der Waals surface area contributed by atoms with E-state index in [4.69, 9.17) is 0 Å². The van der Waals surface area contributed by atoms with Gasteiger partial charge in [0.2, 0.25) is 0 Å². The zero-order valence-corrected chi connectivity index (χ0v) is 11.1. The lowest BCUT2D eigenvalue weighted by Crippen LogP contribution is -2.56. The van der Waals surface area contributed by atoms with E-state index in [1.165, 1.54) is 0 Å². The van der Waals surface area contributed by atoms with Gasteiger partial charge in [-0.15, -0.1) is 0 Å². The third-order valence-corrected chi connectivity index (χ3v) is 10.1. The van der Waals surface area contributed by atoms with Gasteiger partial charge in [-0.3, -0.25) is 0 Å². The summed E-state index contributed by atoms with van der Waals surface area (Å²) in [6.45, 7) is 15.0. The fraction of sp³-hybridized carbons (Fsp3) is 0.818. The van der Waals surface area contributed by atoms with Gasteiger partial charge in [0.1, 0.15) is 0 Å². The van der Waals surface area contributed by atoms with Crippen LogP contribution in [0.4, 0.5) is 0 Å². The normalized spacial score (nSPS) is 19.1. The molecule has 0 aromatic carbocycles. The summed E-state index contributed by atoms with van der Waals surface area (Å²) >= 11 is 0. The van der Waals surface area contributed by atoms with E-state index in [0.717, 1.165) is 0 Å².